The van der Waals surface area contributed by atoms with Gasteiger partial charge in [0.1, 0.15) is 0 Å². The molecule has 0 aliphatic carbocycles. The summed E-state index contributed by atoms with van der Waals surface area (Å²) in [4.78, 5) is 16.2. The Bertz CT molecular complexity index is 914. The largest absolute Gasteiger partial charge is 0.361 e. The molecule has 0 saturated heterocycles. The molecule has 0 radical (unpaired) electrons. The first-order valence-electron chi connectivity index (χ1n) is 6.97. The van der Waals surface area contributed by atoms with Crippen LogP contribution in [0.1, 0.15) is 0 Å². The molecule has 0 aliphatic heterocycles. The number of anilines is 2. The number of benzene rings is 1. The molecule has 1 aromatic carbocycles. The van der Waals surface area contributed by atoms with Crippen LogP contribution in [0.3, 0.4) is 0 Å². The van der Waals surface area contributed by atoms with Gasteiger partial charge in [0.15, 0.2) is 0 Å². The number of nitrogens with one attached hydrogen (secondary N) is 2. The van der Waals surface area contributed by atoms with Gasteiger partial charge in [-0.2, -0.15) is 0 Å². The van der Waals surface area contributed by atoms with Gasteiger partial charge >= 0.3 is 0 Å². The maximum Gasteiger partial charge on any atom is 0.227 e. The quantitative estimate of drug-likeness (QED) is 0.602. The summed E-state index contributed by atoms with van der Waals surface area (Å²) in [6.45, 7) is 0. The van der Waals surface area contributed by atoms with Crippen molar-refractivity contribution in [1.82, 2.24) is 19.9 Å². The highest BCUT2D eigenvalue weighted by Crippen LogP contribution is 2.27. The maximum atomic E-state index is 4.60. The van der Waals surface area contributed by atoms with Crippen LogP contribution in [0.25, 0.3) is 22.2 Å². The molecule has 4 rings (SSSR count). The van der Waals surface area contributed by atoms with E-state index in [4.69, 9.17) is 0 Å². The molecule has 3 heterocycles. The van der Waals surface area contributed by atoms with Gasteiger partial charge in [0.2, 0.25) is 5.95 Å². The summed E-state index contributed by atoms with van der Waals surface area (Å²) >= 11 is 0. The number of pyridine rings is 1. The first-order chi connectivity index (χ1) is 10.9. The van der Waals surface area contributed by atoms with Crippen molar-refractivity contribution in [2.45, 2.75) is 0 Å². The Morgan fingerprint density at radius 1 is 0.955 bits per heavy atom. The fourth-order valence-electron chi connectivity index (χ4n) is 2.44. The van der Waals surface area contributed by atoms with E-state index in [2.05, 4.69) is 43.5 Å². The number of rotatable bonds is 3. The van der Waals surface area contributed by atoms with Crippen LogP contribution in [0.4, 0.5) is 11.6 Å². The molecule has 3 aromatic heterocycles. The van der Waals surface area contributed by atoms with Crippen LogP contribution in [-0.4, -0.2) is 19.9 Å². The zero-order valence-corrected chi connectivity index (χ0v) is 11.7. The molecule has 0 fully saturated rings. The summed E-state index contributed by atoms with van der Waals surface area (Å²) in [7, 11) is 0. The van der Waals surface area contributed by atoms with Crippen LogP contribution in [0.15, 0.2) is 67.3 Å². The highest BCUT2D eigenvalue weighted by Gasteiger charge is 2.07. The average molecular weight is 287 g/mol. The van der Waals surface area contributed by atoms with Gasteiger partial charge in [-0.05, 0) is 30.3 Å². The van der Waals surface area contributed by atoms with Crippen molar-refractivity contribution in [2.75, 3.05) is 5.32 Å². The average Bonchev–Trinajstić information content (AvgIpc) is 3.04. The highest BCUT2D eigenvalue weighted by atomic mass is 15.1. The van der Waals surface area contributed by atoms with Gasteiger partial charge in [-0.3, -0.25) is 4.98 Å². The lowest BCUT2D eigenvalue weighted by Gasteiger charge is -2.07. The summed E-state index contributed by atoms with van der Waals surface area (Å²) in [6, 6.07) is 13.9. The zero-order chi connectivity index (χ0) is 14.8. The van der Waals surface area contributed by atoms with Gasteiger partial charge in [0.25, 0.3) is 0 Å². The molecule has 0 spiro atoms. The van der Waals surface area contributed by atoms with Crippen molar-refractivity contribution in [3.05, 3.63) is 67.3 Å². The fourth-order valence-corrected chi connectivity index (χ4v) is 2.44. The molecule has 5 heteroatoms. The van der Waals surface area contributed by atoms with Gasteiger partial charge in [-0.25, -0.2) is 9.97 Å². The van der Waals surface area contributed by atoms with Gasteiger partial charge in [0, 0.05) is 35.1 Å². The molecule has 5 nitrogen and oxygen atoms in total. The van der Waals surface area contributed by atoms with Crippen LogP contribution in [0.2, 0.25) is 0 Å². The van der Waals surface area contributed by atoms with Crippen molar-refractivity contribution in [2.24, 2.45) is 0 Å². The zero-order valence-electron chi connectivity index (χ0n) is 11.7. The molecule has 0 saturated carbocycles. The smallest absolute Gasteiger partial charge is 0.227 e. The second-order valence-corrected chi connectivity index (χ2v) is 4.88. The molecule has 4 aromatic rings. The molecular weight excluding hydrogens is 274 g/mol. The van der Waals surface area contributed by atoms with Crippen molar-refractivity contribution < 1.29 is 0 Å². The van der Waals surface area contributed by atoms with E-state index in [0.717, 1.165) is 27.8 Å². The maximum absolute atomic E-state index is 4.60. The lowest BCUT2D eigenvalue weighted by molar-refractivity contribution is 1.17. The molecule has 22 heavy (non-hydrogen) atoms. The number of H-pyrrole nitrogens is 1. The first kappa shape index (κ1) is 12.5. The second-order valence-electron chi connectivity index (χ2n) is 4.88. The fraction of sp³-hybridized carbons (Fsp3) is 0. The molecule has 2 N–H and O–H groups in total. The predicted octanol–water partition coefficient (Wildman–Crippen LogP) is 3.76. The van der Waals surface area contributed by atoms with Crippen molar-refractivity contribution >= 4 is 22.5 Å². The Balaban J connectivity index is 1.74. The minimum atomic E-state index is 0.554. The van der Waals surface area contributed by atoms with Crippen LogP contribution in [0, 0.1) is 0 Å². The molecule has 0 atom stereocenters. The summed E-state index contributed by atoms with van der Waals surface area (Å²) in [6.07, 6.45) is 7.16. The van der Waals surface area contributed by atoms with Crippen LogP contribution in [0.5, 0.6) is 0 Å². The third-order valence-corrected chi connectivity index (χ3v) is 3.44. The number of aromatic nitrogens is 4. The van der Waals surface area contributed by atoms with Gasteiger partial charge < -0.3 is 10.3 Å². The molecule has 0 aliphatic rings. The van der Waals surface area contributed by atoms with E-state index in [9.17, 15) is 0 Å². The number of fused-ring (bicyclic) bond motifs is 1. The lowest BCUT2D eigenvalue weighted by Crippen LogP contribution is -1.98. The van der Waals surface area contributed by atoms with Crippen molar-refractivity contribution in [3.8, 4) is 11.3 Å². The Labute approximate surface area is 127 Å². The molecule has 0 bridgehead atoms. The van der Waals surface area contributed by atoms with Crippen molar-refractivity contribution in [3.63, 3.8) is 0 Å². The Morgan fingerprint density at radius 2 is 1.95 bits per heavy atom. The van der Waals surface area contributed by atoms with E-state index >= 15 is 0 Å². The third-order valence-electron chi connectivity index (χ3n) is 3.44. The van der Waals surface area contributed by atoms with E-state index in [1.165, 1.54) is 0 Å². The van der Waals surface area contributed by atoms with E-state index in [0.29, 0.717) is 5.95 Å². The lowest BCUT2D eigenvalue weighted by atomic mass is 10.1. The number of nitrogens with zero attached hydrogens (tertiary/aromatic N) is 3. The molecule has 0 amide bonds. The van der Waals surface area contributed by atoms with Crippen molar-refractivity contribution in [1.29, 1.82) is 0 Å². The summed E-state index contributed by atoms with van der Waals surface area (Å²) < 4.78 is 0. The normalized spacial score (nSPS) is 10.7. The SMILES string of the molecule is c1cncc(Nc2nccc(-c3cccc4[nH]ccc34)n2)c1. The number of hydrogen-bond donors (Lipinski definition) is 2. The van der Waals surface area contributed by atoms with Crippen LogP contribution >= 0.6 is 0 Å². The molecule has 106 valence electrons. The van der Waals surface area contributed by atoms with E-state index < -0.39 is 0 Å². The molecular formula is C17H13N5. The summed E-state index contributed by atoms with van der Waals surface area (Å²) in [5, 5.41) is 4.31. The topological polar surface area (TPSA) is 66.5 Å². The third kappa shape index (κ3) is 2.29. The monoisotopic (exact) mass is 287 g/mol. The Morgan fingerprint density at radius 3 is 2.86 bits per heavy atom. The van der Waals surface area contributed by atoms with Gasteiger partial charge in [-0.1, -0.05) is 12.1 Å². The van der Waals surface area contributed by atoms with E-state index in [1.807, 2.05) is 30.5 Å². The Hall–Kier alpha value is -3.21. The summed E-state index contributed by atoms with van der Waals surface area (Å²) in [5.41, 5.74) is 3.92. The highest BCUT2D eigenvalue weighted by molar-refractivity contribution is 5.94. The van der Waals surface area contributed by atoms with Gasteiger partial charge in [0.05, 0.1) is 17.6 Å². The Kier molecular flexibility index (Phi) is 3.01. The minimum absolute atomic E-state index is 0.554. The van der Waals surface area contributed by atoms with Crippen LogP contribution in [-0.2, 0) is 0 Å². The number of hydrogen-bond acceptors (Lipinski definition) is 4. The molecule has 0 unspecified atom stereocenters. The summed E-state index contributed by atoms with van der Waals surface area (Å²) in [5.74, 6) is 0.554. The van der Waals surface area contributed by atoms with E-state index in [1.54, 1.807) is 18.6 Å². The first-order valence-corrected chi connectivity index (χ1v) is 6.97. The van der Waals surface area contributed by atoms with E-state index in [-0.39, 0.29) is 0 Å². The predicted molar refractivity (Wildman–Crippen MR) is 86.8 cm³/mol. The van der Waals surface area contributed by atoms with Crippen LogP contribution < -0.4 is 5.32 Å². The second kappa shape index (κ2) is 5.29. The van der Waals surface area contributed by atoms with Gasteiger partial charge in [-0.15, -0.1) is 0 Å². The minimum Gasteiger partial charge on any atom is -0.361 e. The standard InChI is InChI=1S/C17H13N5/c1-4-13(14-6-9-19-15(14)5-1)16-7-10-20-17(22-16)21-12-3-2-8-18-11-12/h1-11,19H,(H,20,21,22). The number of aromatic amines is 1.